The van der Waals surface area contributed by atoms with E-state index in [0.717, 1.165) is 53.4 Å². The predicted molar refractivity (Wildman–Crippen MR) is 336 cm³/mol. The van der Waals surface area contributed by atoms with Gasteiger partial charge in [0.1, 0.15) is 134 Å². The largest absolute Gasteiger partial charge is 0.494 e. The molecule has 0 aromatic heterocycles. The summed E-state index contributed by atoms with van der Waals surface area (Å²) in [6.07, 6.45) is -28.6. The van der Waals surface area contributed by atoms with Crippen LogP contribution in [-0.4, -0.2) is 315 Å². The first kappa shape index (κ1) is 81.4. The monoisotopic (exact) mass is 1420 g/mol. The van der Waals surface area contributed by atoms with Crippen LogP contribution in [0.3, 0.4) is 0 Å². The number of carbonyl (C=O) groups is 5. The molecule has 1 aromatic rings. The van der Waals surface area contributed by atoms with E-state index in [-0.39, 0.29) is 5.56 Å². The first-order valence-electron chi connectivity index (χ1n) is 33.5. The summed E-state index contributed by atoms with van der Waals surface area (Å²) >= 11 is 0. The van der Waals surface area contributed by atoms with Crippen LogP contribution in [0.2, 0.25) is 0 Å². The topological polar surface area (TPSA) is 508 Å². The van der Waals surface area contributed by atoms with E-state index in [1.165, 1.54) is 32.1 Å². The number of hydrogen-bond donors (Lipinski definition) is 17. The number of amides is 5. The van der Waals surface area contributed by atoms with Gasteiger partial charge in [0, 0.05) is 46.3 Å². The molecule has 17 N–H and O–H groups in total. The van der Waals surface area contributed by atoms with Crippen molar-refractivity contribution in [1.29, 1.82) is 0 Å². The van der Waals surface area contributed by atoms with Gasteiger partial charge in [-0.2, -0.15) is 0 Å². The highest BCUT2D eigenvalue weighted by atomic mass is 16.8. The molecule has 0 spiro atoms. The minimum Gasteiger partial charge on any atom is -0.494 e. The molecule has 6 aliphatic heterocycles. The number of aliphatic hydroxyl groups excluding tert-OH is 12. The predicted octanol–water partition coefficient (Wildman–Crippen LogP) is -5.45. The third-order valence-electron chi connectivity index (χ3n) is 18.2. The van der Waals surface area contributed by atoms with Gasteiger partial charge >= 0.3 is 0 Å². The Bertz CT molecular complexity index is 2730. The van der Waals surface area contributed by atoms with E-state index in [4.69, 9.17) is 61.6 Å². The molecule has 6 saturated heterocycles. The Morgan fingerprint density at radius 2 is 0.909 bits per heavy atom. The molecular formula is C64H103N5O30. The van der Waals surface area contributed by atoms with Crippen LogP contribution in [0.25, 0.3) is 0 Å². The molecule has 0 aliphatic carbocycles. The van der Waals surface area contributed by atoms with Crippen molar-refractivity contribution in [3.8, 4) is 5.75 Å². The van der Waals surface area contributed by atoms with Gasteiger partial charge in [-0.3, -0.25) is 24.0 Å². The molecule has 0 bridgehead atoms. The number of rotatable bonds is 32. The van der Waals surface area contributed by atoms with E-state index in [1.807, 2.05) is 0 Å². The fourth-order valence-electron chi connectivity index (χ4n) is 13.0. The van der Waals surface area contributed by atoms with Crippen molar-refractivity contribution in [2.24, 2.45) is 5.92 Å². The number of benzene rings is 1. The molecule has 35 heteroatoms. The van der Waals surface area contributed by atoms with Crippen LogP contribution in [0.4, 0.5) is 0 Å². The Hall–Kier alpha value is -4.85. The summed E-state index contributed by atoms with van der Waals surface area (Å²) < 4.78 is 78.7. The van der Waals surface area contributed by atoms with E-state index in [2.05, 4.69) is 45.7 Å². The number of ether oxygens (including phenoxy) is 13. The Kier molecular flexibility index (Phi) is 31.8. The smallest absolute Gasteiger partial charge is 0.251 e. The van der Waals surface area contributed by atoms with Crippen molar-refractivity contribution in [3.63, 3.8) is 0 Å². The maximum atomic E-state index is 14.0. The summed E-state index contributed by atoms with van der Waals surface area (Å²) in [5.41, 5.74) is 0.0529. The van der Waals surface area contributed by atoms with Crippen molar-refractivity contribution in [2.75, 3.05) is 46.8 Å². The van der Waals surface area contributed by atoms with Gasteiger partial charge in [0.05, 0.1) is 51.8 Å². The van der Waals surface area contributed by atoms with Crippen LogP contribution in [0.15, 0.2) is 36.4 Å². The molecule has 5 amide bonds. The Morgan fingerprint density at radius 3 is 1.36 bits per heavy atom. The molecule has 99 heavy (non-hydrogen) atoms. The zero-order valence-corrected chi connectivity index (χ0v) is 56.7. The molecule has 6 heterocycles. The van der Waals surface area contributed by atoms with Crippen molar-refractivity contribution in [1.82, 2.24) is 26.6 Å². The average Bonchev–Trinajstić information content (AvgIpc) is 0.767. The third kappa shape index (κ3) is 21.0. The van der Waals surface area contributed by atoms with Crippen LogP contribution in [0.1, 0.15) is 104 Å². The van der Waals surface area contributed by atoms with E-state index >= 15 is 0 Å². The molecule has 6 fully saturated rings. The highest BCUT2D eigenvalue weighted by Gasteiger charge is 2.58. The number of carbonyl (C=O) groups excluding carboxylic acids is 5. The molecule has 35 nitrogen and oxygen atoms in total. The first-order valence-corrected chi connectivity index (χ1v) is 33.5. The van der Waals surface area contributed by atoms with Gasteiger partial charge in [0.15, 0.2) is 37.7 Å². The van der Waals surface area contributed by atoms with Gasteiger partial charge in [0.25, 0.3) is 5.91 Å². The average molecular weight is 1420 g/mol. The summed E-state index contributed by atoms with van der Waals surface area (Å²) in [6, 6.07) is -2.33. The summed E-state index contributed by atoms with van der Waals surface area (Å²) in [6.45, 7) is 5.62. The Labute approximate surface area is 572 Å². The highest BCUT2D eigenvalue weighted by Crippen LogP contribution is 2.37. The standard InChI is InChI=1S/C64H103N5O30/c1-9-10-11-12-13-14-15-16-17-21-88-35-20-18-19-34(22-35)58(85)69-42-48(80)47(79)36(23-70)92-60(42)96-54-37(24-71)93-61(43(50(54)82)66-31(5)75)97-55-38(25-72)94-62(44(51(55)83)67-32(6)76)98-56-39(26-73)95-63(45(52(56)84)68-33(7)77)99-57-40(91-59(86)41(49(57)81)65-30(4)74)27-89-64-53(87-8)28(2)46(78)29(3)90-64/h14-15,18-20,22,28-29,36-57,59-64,70-73,78-84,86H,9-13,16-17,21,23-27H2,1-8H3,(H,65,74)(H,66,75)(H,67,76)(H,68,77)(H,69,85)/b15-14-/t28-,29?,36?,37-,38?,39-,40?,41-,42-,43?,44-,45?,46?,47+,48?,49-,50?,51-,52?,53+,54+,55?,56+,57?,59?,60-,61?,62-,63?,64+/m0/s1. The molecule has 0 radical (unpaired) electrons. The van der Waals surface area contributed by atoms with Gasteiger partial charge < -0.3 is 149 Å². The van der Waals surface area contributed by atoms with Crippen molar-refractivity contribution >= 4 is 29.5 Å². The van der Waals surface area contributed by atoms with Gasteiger partial charge in [-0.05, 0) is 50.8 Å². The van der Waals surface area contributed by atoms with Crippen molar-refractivity contribution < 1.29 is 147 Å². The lowest BCUT2D eigenvalue weighted by atomic mass is 9.91. The number of aliphatic hydroxyl groups is 12. The SMILES string of the molecule is CCCCCC/C=C\CCCOc1cccc(C(=O)N[C@H]2C(O)[C@H](O)C(CO)O[C@H]2O[C@H]2C(O)C(NC(C)=O)C(OC3C(CO)O[C@@H](O[C@H]4C(O)C(NC(C)=O)C(OC5C(CO[C@@H]6OC(C)C(O)[C@H](C)[C@H]6OC)OC(O)[C@@H](NC(C)=O)[C@@H]5O)O[C@H]4CO)[C@@H](NC(C)=O)[C@@H]3O)O[C@H]2CO)c1. The van der Waals surface area contributed by atoms with Crippen molar-refractivity contribution in [2.45, 2.75) is 271 Å². The first-order chi connectivity index (χ1) is 47.2. The van der Waals surface area contributed by atoms with E-state index in [9.17, 15) is 85.3 Å². The second-order valence-corrected chi connectivity index (χ2v) is 25.7. The zero-order chi connectivity index (χ0) is 72.5. The molecule has 0 saturated carbocycles. The van der Waals surface area contributed by atoms with E-state index < -0.39 is 246 Å². The number of unbranched alkanes of at least 4 members (excludes halogenated alkanes) is 5. The van der Waals surface area contributed by atoms with Crippen LogP contribution < -0.4 is 31.3 Å². The number of allylic oxidation sites excluding steroid dienone is 2. The second kappa shape index (κ2) is 38.6. The van der Waals surface area contributed by atoms with Gasteiger partial charge in [-0.25, -0.2) is 0 Å². The van der Waals surface area contributed by atoms with Crippen LogP contribution >= 0.6 is 0 Å². The lowest BCUT2D eigenvalue weighted by Gasteiger charge is -2.51. The minimum atomic E-state index is -2.05. The number of hydrogen-bond acceptors (Lipinski definition) is 30. The maximum absolute atomic E-state index is 14.0. The lowest BCUT2D eigenvalue weighted by Crippen LogP contribution is -2.72. The zero-order valence-electron chi connectivity index (χ0n) is 56.7. The van der Waals surface area contributed by atoms with E-state index in [0.29, 0.717) is 18.8 Å². The molecule has 15 unspecified atom stereocenters. The highest BCUT2D eigenvalue weighted by molar-refractivity contribution is 5.94. The van der Waals surface area contributed by atoms with Crippen LogP contribution in [0, 0.1) is 5.92 Å². The Balaban J connectivity index is 1.07. The molecule has 7 rings (SSSR count). The number of methoxy groups -OCH3 is 1. The molecule has 564 valence electrons. The van der Waals surface area contributed by atoms with Gasteiger partial charge in [-0.1, -0.05) is 51.3 Å². The summed E-state index contributed by atoms with van der Waals surface area (Å²) in [7, 11) is 1.37. The fraction of sp³-hybridized carbons (Fsp3) is 0.797. The summed E-state index contributed by atoms with van der Waals surface area (Å²) in [5, 5.41) is 148. The molecule has 30 atom stereocenters. The third-order valence-corrected chi connectivity index (χ3v) is 18.2. The summed E-state index contributed by atoms with van der Waals surface area (Å²) in [4.78, 5) is 65.2. The van der Waals surface area contributed by atoms with E-state index in [1.54, 1.807) is 26.0 Å². The van der Waals surface area contributed by atoms with Gasteiger partial charge in [-0.15, -0.1) is 0 Å². The normalized spacial score (nSPS) is 39.6. The lowest BCUT2D eigenvalue weighted by molar-refractivity contribution is -0.368. The second-order valence-electron chi connectivity index (χ2n) is 25.7. The molecular weight excluding hydrogens is 1320 g/mol. The molecule has 1 aromatic carbocycles. The van der Waals surface area contributed by atoms with Crippen molar-refractivity contribution in [3.05, 3.63) is 42.0 Å². The minimum absolute atomic E-state index is 0.0529. The summed E-state index contributed by atoms with van der Waals surface area (Å²) in [5.74, 6) is -4.10. The maximum Gasteiger partial charge on any atom is 0.251 e. The Morgan fingerprint density at radius 1 is 0.475 bits per heavy atom. The fourth-order valence-corrected chi connectivity index (χ4v) is 13.0. The van der Waals surface area contributed by atoms with Crippen LogP contribution in [0.5, 0.6) is 5.75 Å². The van der Waals surface area contributed by atoms with Gasteiger partial charge in [0.2, 0.25) is 23.6 Å². The van der Waals surface area contributed by atoms with Crippen LogP contribution in [-0.2, 0) is 76.0 Å². The number of nitrogens with one attached hydrogen (secondary N) is 5. The quantitative estimate of drug-likeness (QED) is 0.0236. The molecule has 6 aliphatic rings.